The normalized spacial score (nSPS) is 17.0. The van der Waals surface area contributed by atoms with Crippen LogP contribution in [0.5, 0.6) is 0 Å². The van der Waals surface area contributed by atoms with Gasteiger partial charge in [0.05, 0.1) is 6.54 Å². The Kier molecular flexibility index (Phi) is 6.19. The largest absolute Gasteiger partial charge is 0.352 e. The summed E-state index contributed by atoms with van der Waals surface area (Å²) >= 11 is 0. The molecule has 0 heterocycles. The van der Waals surface area contributed by atoms with Crippen molar-refractivity contribution in [2.24, 2.45) is 0 Å². The van der Waals surface area contributed by atoms with Gasteiger partial charge in [-0.25, -0.2) is 0 Å². The molecule has 1 atom stereocenters. The lowest BCUT2D eigenvalue weighted by atomic mass is 10.0. The van der Waals surface area contributed by atoms with Gasteiger partial charge in [0.25, 0.3) is 0 Å². The molecule has 22 heavy (non-hydrogen) atoms. The van der Waals surface area contributed by atoms with E-state index in [1.807, 2.05) is 30.3 Å². The molecular weight excluding hydrogens is 276 g/mol. The van der Waals surface area contributed by atoms with Gasteiger partial charge in [0.15, 0.2) is 0 Å². The van der Waals surface area contributed by atoms with Crippen molar-refractivity contribution in [3.8, 4) is 0 Å². The van der Waals surface area contributed by atoms with Gasteiger partial charge >= 0.3 is 0 Å². The molecule has 1 aromatic rings. The topological polar surface area (TPSA) is 49.4 Å². The molecule has 4 nitrogen and oxygen atoms in total. The molecule has 118 valence electrons. The molecule has 1 N–H and O–H groups in total. The van der Waals surface area contributed by atoms with Gasteiger partial charge in [-0.05, 0) is 31.2 Å². The number of carbonyl (C=O) groups is 2. The minimum Gasteiger partial charge on any atom is -0.352 e. The number of nitrogens with zero attached hydrogens (tertiary/aromatic N) is 1. The quantitative estimate of drug-likeness (QED) is 0.820. The van der Waals surface area contributed by atoms with Gasteiger partial charge in [0, 0.05) is 19.5 Å². The molecule has 1 aliphatic carbocycles. The molecule has 0 saturated carbocycles. The van der Waals surface area contributed by atoms with Crippen molar-refractivity contribution in [1.82, 2.24) is 10.2 Å². The number of hydrogen-bond acceptors (Lipinski definition) is 2. The second-order valence-electron chi connectivity index (χ2n) is 5.73. The summed E-state index contributed by atoms with van der Waals surface area (Å²) in [6, 6.07) is 10.2. The fourth-order valence-electron chi connectivity index (χ4n) is 2.63. The zero-order valence-corrected chi connectivity index (χ0v) is 13.1. The third-order valence-electron chi connectivity index (χ3n) is 3.93. The summed E-state index contributed by atoms with van der Waals surface area (Å²) < 4.78 is 0. The van der Waals surface area contributed by atoms with E-state index in [0.29, 0.717) is 6.54 Å². The number of benzene rings is 1. The van der Waals surface area contributed by atoms with Gasteiger partial charge in [-0.15, -0.1) is 0 Å². The third-order valence-corrected chi connectivity index (χ3v) is 3.93. The van der Waals surface area contributed by atoms with Crippen molar-refractivity contribution in [2.45, 2.75) is 38.6 Å². The molecule has 0 aliphatic heterocycles. The summed E-state index contributed by atoms with van der Waals surface area (Å²) in [6.45, 7) is 2.22. The van der Waals surface area contributed by atoms with Gasteiger partial charge in [0.1, 0.15) is 0 Å². The lowest BCUT2D eigenvalue weighted by Crippen LogP contribution is -2.44. The molecule has 1 aromatic carbocycles. The molecule has 0 spiro atoms. The summed E-state index contributed by atoms with van der Waals surface area (Å²) in [4.78, 5) is 25.4. The van der Waals surface area contributed by atoms with E-state index in [4.69, 9.17) is 0 Å². The Morgan fingerprint density at radius 1 is 1.23 bits per heavy atom. The first kappa shape index (κ1) is 16.3. The van der Waals surface area contributed by atoms with Gasteiger partial charge in [-0.1, -0.05) is 42.5 Å². The van der Waals surface area contributed by atoms with Crippen LogP contribution >= 0.6 is 0 Å². The highest BCUT2D eigenvalue weighted by Crippen LogP contribution is 2.10. The van der Waals surface area contributed by atoms with E-state index in [1.54, 1.807) is 4.90 Å². The second-order valence-corrected chi connectivity index (χ2v) is 5.73. The highest BCUT2D eigenvalue weighted by atomic mass is 16.2. The highest BCUT2D eigenvalue weighted by molar-refractivity contribution is 5.83. The lowest BCUT2D eigenvalue weighted by Gasteiger charge is -2.24. The maximum atomic E-state index is 12.1. The molecule has 1 unspecified atom stereocenters. The van der Waals surface area contributed by atoms with Crippen molar-refractivity contribution >= 4 is 11.8 Å². The first-order valence-electron chi connectivity index (χ1n) is 7.89. The van der Waals surface area contributed by atoms with Crippen LogP contribution in [-0.4, -0.2) is 35.8 Å². The van der Waals surface area contributed by atoms with E-state index >= 15 is 0 Å². The average Bonchev–Trinajstić information content (AvgIpc) is 2.53. The van der Waals surface area contributed by atoms with Gasteiger partial charge < -0.3 is 10.2 Å². The lowest BCUT2D eigenvalue weighted by molar-refractivity contribution is -0.134. The van der Waals surface area contributed by atoms with Gasteiger partial charge in [-0.2, -0.15) is 0 Å². The van der Waals surface area contributed by atoms with Crippen LogP contribution in [0.4, 0.5) is 0 Å². The van der Waals surface area contributed by atoms with Crippen molar-refractivity contribution < 1.29 is 9.59 Å². The van der Waals surface area contributed by atoms with E-state index in [-0.39, 0.29) is 24.4 Å². The molecule has 0 radical (unpaired) electrons. The van der Waals surface area contributed by atoms with Crippen LogP contribution in [0.1, 0.15) is 31.7 Å². The predicted octanol–water partition coefficient (Wildman–Crippen LogP) is 2.30. The molecule has 1 aliphatic rings. The zero-order valence-electron chi connectivity index (χ0n) is 13.1. The fourth-order valence-corrected chi connectivity index (χ4v) is 2.63. The Morgan fingerprint density at radius 3 is 2.64 bits per heavy atom. The SMILES string of the molecule is CC(=O)N(CCc1ccccc1)CC(=O)NC1CC=CCC1. The van der Waals surface area contributed by atoms with Crippen LogP contribution in [0.25, 0.3) is 0 Å². The van der Waals surface area contributed by atoms with Crippen LogP contribution in [0.2, 0.25) is 0 Å². The molecule has 0 aromatic heterocycles. The van der Waals surface area contributed by atoms with E-state index in [2.05, 4.69) is 17.5 Å². The second kappa shape index (κ2) is 8.37. The van der Waals surface area contributed by atoms with E-state index in [9.17, 15) is 9.59 Å². The van der Waals surface area contributed by atoms with Crippen LogP contribution < -0.4 is 5.32 Å². The van der Waals surface area contributed by atoms with E-state index < -0.39 is 0 Å². The smallest absolute Gasteiger partial charge is 0.239 e. The van der Waals surface area contributed by atoms with Crippen molar-refractivity contribution in [3.05, 3.63) is 48.0 Å². The summed E-state index contributed by atoms with van der Waals surface area (Å²) in [5.74, 6) is -0.127. The number of carbonyl (C=O) groups excluding carboxylic acids is 2. The standard InChI is InChI=1S/C18H24N2O2/c1-15(21)20(13-12-16-8-4-2-5-9-16)14-18(22)19-17-10-6-3-7-11-17/h2-6,8-9,17H,7,10-14H2,1H3,(H,19,22). The summed E-state index contributed by atoms with van der Waals surface area (Å²) in [5, 5.41) is 3.02. The van der Waals surface area contributed by atoms with Crippen LogP contribution in [-0.2, 0) is 16.0 Å². The zero-order chi connectivity index (χ0) is 15.8. The van der Waals surface area contributed by atoms with E-state index in [0.717, 1.165) is 25.7 Å². The number of rotatable bonds is 6. The molecule has 2 rings (SSSR count). The van der Waals surface area contributed by atoms with Crippen molar-refractivity contribution in [3.63, 3.8) is 0 Å². The summed E-state index contributed by atoms with van der Waals surface area (Å²) in [6.07, 6.45) is 7.88. The Balaban J connectivity index is 1.81. The van der Waals surface area contributed by atoms with E-state index in [1.165, 1.54) is 12.5 Å². The molecule has 4 heteroatoms. The maximum Gasteiger partial charge on any atom is 0.239 e. The maximum absolute atomic E-state index is 12.1. The number of nitrogens with one attached hydrogen (secondary N) is 1. The Hall–Kier alpha value is -2.10. The number of allylic oxidation sites excluding steroid dienone is 1. The molecular formula is C18H24N2O2. The number of hydrogen-bond donors (Lipinski definition) is 1. The van der Waals surface area contributed by atoms with Gasteiger partial charge in [0.2, 0.25) is 11.8 Å². The molecule has 0 saturated heterocycles. The third kappa shape index (κ3) is 5.35. The van der Waals surface area contributed by atoms with Crippen LogP contribution in [0, 0.1) is 0 Å². The Bertz CT molecular complexity index is 525. The van der Waals surface area contributed by atoms with Crippen molar-refractivity contribution in [1.29, 1.82) is 0 Å². The first-order valence-corrected chi connectivity index (χ1v) is 7.89. The summed E-state index contributed by atoms with van der Waals surface area (Å²) in [7, 11) is 0. The predicted molar refractivity (Wildman–Crippen MR) is 87.3 cm³/mol. The molecule has 2 amide bonds. The minimum absolute atomic E-state index is 0.0605. The number of amides is 2. The Labute approximate surface area is 132 Å². The molecule has 0 fully saturated rings. The minimum atomic E-state index is -0.0661. The Morgan fingerprint density at radius 2 is 2.00 bits per heavy atom. The fraction of sp³-hybridized carbons (Fsp3) is 0.444. The highest BCUT2D eigenvalue weighted by Gasteiger charge is 2.17. The summed E-state index contributed by atoms with van der Waals surface area (Å²) in [5.41, 5.74) is 1.17. The van der Waals surface area contributed by atoms with Crippen LogP contribution in [0.3, 0.4) is 0 Å². The monoisotopic (exact) mass is 300 g/mol. The van der Waals surface area contributed by atoms with Gasteiger partial charge in [-0.3, -0.25) is 9.59 Å². The average molecular weight is 300 g/mol. The van der Waals surface area contributed by atoms with Crippen molar-refractivity contribution in [2.75, 3.05) is 13.1 Å². The van der Waals surface area contributed by atoms with Crippen LogP contribution in [0.15, 0.2) is 42.5 Å². The first-order chi connectivity index (χ1) is 10.6. The molecule has 0 bridgehead atoms.